The van der Waals surface area contributed by atoms with Crippen LogP contribution in [0, 0.1) is 0 Å². The third-order valence-electron chi connectivity index (χ3n) is 3.62. The summed E-state index contributed by atoms with van der Waals surface area (Å²) in [7, 11) is 0. The van der Waals surface area contributed by atoms with Crippen molar-refractivity contribution in [2.24, 2.45) is 5.73 Å². The molecule has 0 unspecified atom stereocenters. The highest BCUT2D eigenvalue weighted by Gasteiger charge is 2.29. The van der Waals surface area contributed by atoms with Crippen LogP contribution >= 0.6 is 0 Å². The Kier molecular flexibility index (Phi) is 4.85. The van der Waals surface area contributed by atoms with Crippen LogP contribution in [-0.2, 0) is 9.53 Å². The van der Waals surface area contributed by atoms with E-state index in [1.165, 1.54) is 0 Å². The Morgan fingerprint density at radius 2 is 2.22 bits per heavy atom. The first-order valence-corrected chi connectivity index (χ1v) is 7.60. The van der Waals surface area contributed by atoms with Crippen molar-refractivity contribution >= 4 is 11.6 Å². The first-order valence-electron chi connectivity index (χ1n) is 7.60. The molecule has 23 heavy (non-hydrogen) atoms. The molecule has 0 aliphatic carbocycles. The zero-order valence-corrected chi connectivity index (χ0v) is 12.6. The largest absolute Gasteiger partial charge is 0.439 e. The topological polar surface area (TPSA) is 86.5 Å². The van der Waals surface area contributed by atoms with Crippen molar-refractivity contribution in [3.05, 3.63) is 48.7 Å². The molecule has 1 fully saturated rings. The van der Waals surface area contributed by atoms with Crippen LogP contribution in [-0.4, -0.2) is 29.6 Å². The van der Waals surface area contributed by atoms with Gasteiger partial charge in [-0.25, -0.2) is 4.98 Å². The second-order valence-corrected chi connectivity index (χ2v) is 5.35. The Labute approximate surface area is 134 Å². The first-order chi connectivity index (χ1) is 11.2. The zero-order chi connectivity index (χ0) is 16.1. The molecule has 0 radical (unpaired) electrons. The lowest BCUT2D eigenvalue weighted by Crippen LogP contribution is -2.29. The Morgan fingerprint density at radius 1 is 1.30 bits per heavy atom. The van der Waals surface area contributed by atoms with Crippen LogP contribution in [0.5, 0.6) is 11.6 Å². The number of ether oxygens (including phenoxy) is 2. The normalized spacial score (nSPS) is 20.2. The third-order valence-corrected chi connectivity index (χ3v) is 3.62. The Balaban J connectivity index is 1.62. The molecule has 0 spiro atoms. The summed E-state index contributed by atoms with van der Waals surface area (Å²) in [5, 5.41) is 2.85. The molecule has 6 heteroatoms. The van der Waals surface area contributed by atoms with Crippen molar-refractivity contribution in [1.29, 1.82) is 0 Å². The molecule has 1 aromatic carbocycles. The van der Waals surface area contributed by atoms with Gasteiger partial charge in [-0.1, -0.05) is 12.1 Å². The monoisotopic (exact) mass is 313 g/mol. The fourth-order valence-corrected chi connectivity index (χ4v) is 2.46. The number of pyridine rings is 1. The lowest BCUT2D eigenvalue weighted by Gasteiger charge is -2.13. The molecule has 2 atom stereocenters. The minimum Gasteiger partial charge on any atom is -0.439 e. The molecule has 2 heterocycles. The van der Waals surface area contributed by atoms with E-state index in [-0.39, 0.29) is 12.0 Å². The predicted molar refractivity (Wildman–Crippen MR) is 86.3 cm³/mol. The SMILES string of the molecule is NC[C@H]1CC[C@@H](C(=O)Nc2cccc(Oc3ccccn3)c2)O1. The molecule has 6 nitrogen and oxygen atoms in total. The van der Waals surface area contributed by atoms with Crippen LogP contribution in [0.25, 0.3) is 0 Å². The van der Waals surface area contributed by atoms with E-state index >= 15 is 0 Å². The van der Waals surface area contributed by atoms with Crippen LogP contribution < -0.4 is 15.8 Å². The number of hydrogen-bond acceptors (Lipinski definition) is 5. The van der Waals surface area contributed by atoms with Crippen molar-refractivity contribution < 1.29 is 14.3 Å². The minimum absolute atomic E-state index is 0.0235. The maximum absolute atomic E-state index is 12.2. The Bertz CT molecular complexity index is 663. The number of nitrogens with two attached hydrogens (primary N) is 1. The van der Waals surface area contributed by atoms with Crippen LogP contribution in [0.3, 0.4) is 0 Å². The van der Waals surface area contributed by atoms with Crippen molar-refractivity contribution in [3.63, 3.8) is 0 Å². The van der Waals surface area contributed by atoms with Crippen molar-refractivity contribution in [2.45, 2.75) is 25.0 Å². The van der Waals surface area contributed by atoms with Gasteiger partial charge >= 0.3 is 0 Å². The number of nitrogens with zero attached hydrogens (tertiary/aromatic N) is 1. The van der Waals surface area contributed by atoms with Crippen molar-refractivity contribution in [2.75, 3.05) is 11.9 Å². The lowest BCUT2D eigenvalue weighted by atomic mass is 10.2. The summed E-state index contributed by atoms with van der Waals surface area (Å²) in [5.41, 5.74) is 6.22. The number of aromatic nitrogens is 1. The van der Waals surface area contributed by atoms with Gasteiger partial charge in [0.25, 0.3) is 5.91 Å². The quantitative estimate of drug-likeness (QED) is 0.884. The van der Waals surface area contributed by atoms with Gasteiger partial charge < -0.3 is 20.5 Å². The molecule has 3 N–H and O–H groups in total. The smallest absolute Gasteiger partial charge is 0.253 e. The average molecular weight is 313 g/mol. The van der Waals surface area contributed by atoms with Gasteiger partial charge in [0, 0.05) is 30.6 Å². The summed E-state index contributed by atoms with van der Waals surface area (Å²) in [5.74, 6) is 0.950. The summed E-state index contributed by atoms with van der Waals surface area (Å²) in [6.45, 7) is 0.442. The van der Waals surface area contributed by atoms with Crippen LogP contribution in [0.15, 0.2) is 48.7 Å². The maximum atomic E-state index is 12.2. The van der Waals surface area contributed by atoms with Gasteiger partial charge in [-0.2, -0.15) is 0 Å². The number of nitrogens with one attached hydrogen (secondary N) is 1. The van der Waals surface area contributed by atoms with E-state index in [2.05, 4.69) is 10.3 Å². The van der Waals surface area contributed by atoms with E-state index < -0.39 is 6.10 Å². The fourth-order valence-electron chi connectivity index (χ4n) is 2.46. The molecular weight excluding hydrogens is 294 g/mol. The van der Waals surface area contributed by atoms with Gasteiger partial charge in [-0.3, -0.25) is 4.79 Å². The van der Waals surface area contributed by atoms with Gasteiger partial charge in [0.1, 0.15) is 11.9 Å². The predicted octanol–water partition coefficient (Wildman–Crippen LogP) is 2.32. The Morgan fingerprint density at radius 3 is 2.96 bits per heavy atom. The molecule has 1 amide bonds. The molecule has 1 aliphatic heterocycles. The summed E-state index contributed by atoms with van der Waals surface area (Å²) in [6, 6.07) is 12.6. The van der Waals surface area contributed by atoms with Gasteiger partial charge in [-0.05, 0) is 31.0 Å². The number of carbonyl (C=O) groups is 1. The number of carbonyl (C=O) groups excluding carboxylic acids is 1. The summed E-state index contributed by atoms with van der Waals surface area (Å²) < 4.78 is 11.2. The highest BCUT2D eigenvalue weighted by atomic mass is 16.5. The Hall–Kier alpha value is -2.44. The third kappa shape index (κ3) is 4.06. The first kappa shape index (κ1) is 15.5. The van der Waals surface area contributed by atoms with Gasteiger partial charge in [0.2, 0.25) is 5.88 Å². The number of rotatable bonds is 5. The molecule has 2 aromatic rings. The number of anilines is 1. The fraction of sp³-hybridized carbons (Fsp3) is 0.294. The zero-order valence-electron chi connectivity index (χ0n) is 12.6. The number of benzene rings is 1. The van der Waals surface area contributed by atoms with Gasteiger partial charge in [0.15, 0.2) is 0 Å². The van der Waals surface area contributed by atoms with E-state index in [1.807, 2.05) is 18.2 Å². The number of hydrogen-bond donors (Lipinski definition) is 2. The molecule has 3 rings (SSSR count). The highest BCUT2D eigenvalue weighted by molar-refractivity contribution is 5.94. The average Bonchev–Trinajstić information content (AvgIpc) is 3.05. The summed E-state index contributed by atoms with van der Waals surface area (Å²) in [4.78, 5) is 16.3. The van der Waals surface area contributed by atoms with Crippen LogP contribution in [0.2, 0.25) is 0 Å². The molecule has 1 aromatic heterocycles. The summed E-state index contributed by atoms with van der Waals surface area (Å²) >= 11 is 0. The standard InChI is InChI=1S/C17H19N3O3/c18-11-14-7-8-15(22-14)17(21)20-12-4-3-5-13(10-12)23-16-6-1-2-9-19-16/h1-6,9-10,14-15H,7-8,11,18H2,(H,20,21)/t14-,15+/m1/s1. The van der Waals surface area contributed by atoms with E-state index in [0.29, 0.717) is 30.3 Å². The van der Waals surface area contributed by atoms with Gasteiger partial charge in [0.05, 0.1) is 6.10 Å². The maximum Gasteiger partial charge on any atom is 0.253 e. The second-order valence-electron chi connectivity index (χ2n) is 5.35. The van der Waals surface area contributed by atoms with E-state index in [1.54, 1.807) is 30.5 Å². The van der Waals surface area contributed by atoms with Gasteiger partial charge in [-0.15, -0.1) is 0 Å². The van der Waals surface area contributed by atoms with Crippen LogP contribution in [0.1, 0.15) is 12.8 Å². The second kappa shape index (κ2) is 7.21. The molecule has 120 valence electrons. The van der Waals surface area contributed by atoms with E-state index in [4.69, 9.17) is 15.2 Å². The number of amides is 1. The lowest BCUT2D eigenvalue weighted by molar-refractivity contribution is -0.126. The highest BCUT2D eigenvalue weighted by Crippen LogP contribution is 2.24. The minimum atomic E-state index is -0.441. The van der Waals surface area contributed by atoms with Crippen molar-refractivity contribution in [3.8, 4) is 11.6 Å². The molecule has 1 aliphatic rings. The van der Waals surface area contributed by atoms with E-state index in [9.17, 15) is 4.79 Å². The molecule has 0 saturated carbocycles. The molecular formula is C17H19N3O3. The van der Waals surface area contributed by atoms with E-state index in [0.717, 1.165) is 6.42 Å². The molecule has 0 bridgehead atoms. The van der Waals surface area contributed by atoms with Crippen molar-refractivity contribution in [1.82, 2.24) is 4.98 Å². The molecule has 1 saturated heterocycles. The van der Waals surface area contributed by atoms with Crippen LogP contribution in [0.4, 0.5) is 5.69 Å². The summed E-state index contributed by atoms with van der Waals surface area (Å²) in [6.07, 6.45) is 2.70.